The second-order valence-corrected chi connectivity index (χ2v) is 6.35. The largest absolute Gasteiger partial charge is 0.361 e. The maximum atomic E-state index is 5.99. The Labute approximate surface area is 127 Å². The van der Waals surface area contributed by atoms with Crippen LogP contribution in [0.4, 0.5) is 0 Å². The van der Waals surface area contributed by atoms with Crippen LogP contribution < -0.4 is 5.73 Å². The highest BCUT2D eigenvalue weighted by molar-refractivity contribution is 5.86. The zero-order chi connectivity index (χ0) is 14.8. The molecule has 1 fully saturated rings. The van der Waals surface area contributed by atoms with Crippen molar-refractivity contribution in [2.75, 3.05) is 6.54 Å². The molecule has 1 aromatic heterocycles. The minimum Gasteiger partial charge on any atom is -0.361 e. The van der Waals surface area contributed by atoms with Gasteiger partial charge in [-0.2, -0.15) is 0 Å². The van der Waals surface area contributed by atoms with E-state index in [1.807, 2.05) is 0 Å². The van der Waals surface area contributed by atoms with Gasteiger partial charge in [-0.1, -0.05) is 31.5 Å². The van der Waals surface area contributed by atoms with Crippen LogP contribution in [0, 0.1) is 0 Å². The first-order valence-corrected chi connectivity index (χ1v) is 8.28. The van der Waals surface area contributed by atoms with Crippen LogP contribution in [0.1, 0.15) is 44.2 Å². The average molecular weight is 285 g/mol. The van der Waals surface area contributed by atoms with Crippen LogP contribution in [0.5, 0.6) is 0 Å². The van der Waals surface area contributed by atoms with Gasteiger partial charge in [0.15, 0.2) is 0 Å². The molecule has 2 atom stereocenters. The molecule has 0 saturated carbocycles. The van der Waals surface area contributed by atoms with E-state index in [2.05, 4.69) is 48.1 Å². The van der Waals surface area contributed by atoms with Crippen molar-refractivity contribution in [3.63, 3.8) is 0 Å². The van der Waals surface area contributed by atoms with E-state index >= 15 is 0 Å². The van der Waals surface area contributed by atoms with Crippen molar-refractivity contribution in [2.24, 2.45) is 5.73 Å². The van der Waals surface area contributed by atoms with Crippen molar-refractivity contribution in [1.82, 2.24) is 9.88 Å². The van der Waals surface area contributed by atoms with Crippen LogP contribution in [-0.4, -0.2) is 28.5 Å². The van der Waals surface area contributed by atoms with Crippen LogP contribution >= 0.6 is 0 Å². The van der Waals surface area contributed by atoms with Gasteiger partial charge >= 0.3 is 0 Å². The standard InChI is InChI=1S/C18H27N3/c1-3-14-7-5-9-17-15(11-20-18(14)17)12-21-13(2)6-4-8-16(21)10-19/h5,7,9,11,13,16,20H,3-4,6,8,10,12,19H2,1-2H3. The first-order chi connectivity index (χ1) is 10.2. The quantitative estimate of drug-likeness (QED) is 0.904. The molecule has 1 saturated heterocycles. The first-order valence-electron chi connectivity index (χ1n) is 8.28. The normalized spacial score (nSPS) is 23.8. The van der Waals surface area contributed by atoms with Gasteiger partial charge < -0.3 is 10.7 Å². The van der Waals surface area contributed by atoms with Crippen molar-refractivity contribution in [1.29, 1.82) is 0 Å². The molecule has 3 nitrogen and oxygen atoms in total. The van der Waals surface area contributed by atoms with Crippen LogP contribution in [0.2, 0.25) is 0 Å². The van der Waals surface area contributed by atoms with Gasteiger partial charge in [0.1, 0.15) is 0 Å². The number of hydrogen-bond acceptors (Lipinski definition) is 2. The molecule has 1 aliphatic heterocycles. The van der Waals surface area contributed by atoms with Gasteiger partial charge in [-0.3, -0.25) is 4.90 Å². The number of aromatic amines is 1. The zero-order valence-electron chi connectivity index (χ0n) is 13.2. The lowest BCUT2D eigenvalue weighted by Gasteiger charge is -2.40. The molecule has 2 aromatic rings. The summed E-state index contributed by atoms with van der Waals surface area (Å²) >= 11 is 0. The van der Waals surface area contributed by atoms with Crippen LogP contribution in [-0.2, 0) is 13.0 Å². The summed E-state index contributed by atoms with van der Waals surface area (Å²) in [6.07, 6.45) is 7.11. The van der Waals surface area contributed by atoms with Gasteiger partial charge in [0.25, 0.3) is 0 Å². The molecule has 2 unspecified atom stereocenters. The van der Waals surface area contributed by atoms with Crippen LogP contribution in [0.25, 0.3) is 10.9 Å². The Morgan fingerprint density at radius 2 is 2.14 bits per heavy atom. The number of aryl methyl sites for hydroxylation is 1. The zero-order valence-corrected chi connectivity index (χ0v) is 13.2. The van der Waals surface area contributed by atoms with E-state index in [1.165, 1.54) is 41.3 Å². The van der Waals surface area contributed by atoms with E-state index in [0.29, 0.717) is 12.1 Å². The second-order valence-electron chi connectivity index (χ2n) is 6.35. The maximum Gasteiger partial charge on any atom is 0.0489 e. The van der Waals surface area contributed by atoms with Crippen LogP contribution in [0.15, 0.2) is 24.4 Å². The lowest BCUT2D eigenvalue weighted by Crippen LogP contribution is -2.48. The van der Waals surface area contributed by atoms with Gasteiger partial charge in [-0.15, -0.1) is 0 Å². The predicted molar refractivity (Wildman–Crippen MR) is 89.4 cm³/mol. The summed E-state index contributed by atoms with van der Waals surface area (Å²) in [5, 5.41) is 1.38. The number of nitrogens with two attached hydrogens (primary N) is 1. The monoisotopic (exact) mass is 285 g/mol. The summed E-state index contributed by atoms with van der Waals surface area (Å²) in [6.45, 7) is 6.34. The summed E-state index contributed by atoms with van der Waals surface area (Å²) in [5.74, 6) is 0. The lowest BCUT2D eigenvalue weighted by molar-refractivity contribution is 0.0897. The topological polar surface area (TPSA) is 45.0 Å². The van der Waals surface area contributed by atoms with Crippen molar-refractivity contribution in [3.05, 3.63) is 35.5 Å². The molecular weight excluding hydrogens is 258 g/mol. The van der Waals surface area contributed by atoms with Gasteiger partial charge in [0.05, 0.1) is 0 Å². The Hall–Kier alpha value is -1.32. The average Bonchev–Trinajstić information content (AvgIpc) is 2.92. The number of fused-ring (bicyclic) bond motifs is 1. The van der Waals surface area contributed by atoms with Gasteiger partial charge in [0.2, 0.25) is 0 Å². The number of piperidine rings is 1. The highest BCUT2D eigenvalue weighted by Crippen LogP contribution is 2.28. The number of H-pyrrole nitrogens is 1. The molecule has 0 bridgehead atoms. The van der Waals surface area contributed by atoms with E-state index in [4.69, 9.17) is 5.73 Å². The SMILES string of the molecule is CCc1cccc2c(CN3C(C)CCCC3CN)c[nH]c12. The van der Waals surface area contributed by atoms with E-state index in [9.17, 15) is 0 Å². The van der Waals surface area contributed by atoms with E-state index in [0.717, 1.165) is 19.5 Å². The number of aromatic nitrogens is 1. The summed E-state index contributed by atoms with van der Waals surface area (Å²) in [4.78, 5) is 6.09. The second kappa shape index (κ2) is 6.20. The van der Waals surface area contributed by atoms with Gasteiger partial charge in [-0.05, 0) is 37.3 Å². The molecule has 0 aliphatic carbocycles. The Balaban J connectivity index is 1.90. The lowest BCUT2D eigenvalue weighted by atomic mass is 9.95. The molecule has 2 heterocycles. The Kier molecular flexibility index (Phi) is 4.32. The molecule has 0 radical (unpaired) electrons. The van der Waals surface area contributed by atoms with Crippen molar-refractivity contribution in [2.45, 2.75) is 58.2 Å². The Morgan fingerprint density at radius 3 is 2.90 bits per heavy atom. The van der Waals surface area contributed by atoms with Crippen molar-refractivity contribution in [3.8, 4) is 0 Å². The third kappa shape index (κ3) is 2.72. The molecule has 114 valence electrons. The van der Waals surface area contributed by atoms with Gasteiger partial charge in [0, 0.05) is 42.3 Å². The fourth-order valence-electron chi connectivity index (χ4n) is 3.78. The molecule has 0 spiro atoms. The smallest absolute Gasteiger partial charge is 0.0489 e. The summed E-state index contributed by atoms with van der Waals surface area (Å²) < 4.78 is 0. The summed E-state index contributed by atoms with van der Waals surface area (Å²) in [6, 6.07) is 7.81. The number of para-hydroxylation sites is 1. The number of nitrogens with one attached hydrogen (secondary N) is 1. The fourth-order valence-corrected chi connectivity index (χ4v) is 3.78. The summed E-state index contributed by atoms with van der Waals surface area (Å²) in [5.41, 5.74) is 10.1. The molecule has 1 aromatic carbocycles. The number of likely N-dealkylation sites (tertiary alicyclic amines) is 1. The van der Waals surface area contributed by atoms with Crippen LogP contribution in [0.3, 0.4) is 0 Å². The summed E-state index contributed by atoms with van der Waals surface area (Å²) in [7, 11) is 0. The Bertz CT molecular complexity index is 602. The predicted octanol–water partition coefficient (Wildman–Crippen LogP) is 3.43. The number of benzene rings is 1. The molecule has 3 heteroatoms. The highest BCUT2D eigenvalue weighted by atomic mass is 15.2. The fraction of sp³-hybridized carbons (Fsp3) is 0.556. The molecule has 3 rings (SSSR count). The minimum absolute atomic E-state index is 0.535. The van der Waals surface area contributed by atoms with E-state index in [1.54, 1.807) is 0 Å². The molecule has 21 heavy (non-hydrogen) atoms. The third-order valence-corrected chi connectivity index (χ3v) is 5.09. The maximum absolute atomic E-state index is 5.99. The minimum atomic E-state index is 0.535. The van der Waals surface area contributed by atoms with Crippen molar-refractivity contribution < 1.29 is 0 Å². The Morgan fingerprint density at radius 1 is 1.29 bits per heavy atom. The third-order valence-electron chi connectivity index (χ3n) is 5.09. The number of hydrogen-bond donors (Lipinski definition) is 2. The van der Waals surface area contributed by atoms with E-state index < -0.39 is 0 Å². The van der Waals surface area contributed by atoms with E-state index in [-0.39, 0.29) is 0 Å². The van der Waals surface area contributed by atoms with Gasteiger partial charge in [-0.25, -0.2) is 0 Å². The molecule has 0 amide bonds. The van der Waals surface area contributed by atoms with Crippen molar-refractivity contribution >= 4 is 10.9 Å². The highest BCUT2D eigenvalue weighted by Gasteiger charge is 2.27. The first kappa shape index (κ1) is 14.6. The molecular formula is C18H27N3. The molecule has 1 aliphatic rings. The number of rotatable bonds is 4. The number of nitrogens with zero attached hydrogens (tertiary/aromatic N) is 1. The molecule has 3 N–H and O–H groups in total.